The number of aromatic amines is 1. The predicted octanol–water partition coefficient (Wildman–Crippen LogP) is 2.33. The van der Waals surface area contributed by atoms with Crippen LogP contribution in [-0.4, -0.2) is 29.4 Å². The molecular formula is C14H16N2O3. The van der Waals surface area contributed by atoms with E-state index in [1.54, 1.807) is 13.1 Å². The van der Waals surface area contributed by atoms with Crippen molar-refractivity contribution in [3.05, 3.63) is 36.0 Å². The van der Waals surface area contributed by atoms with Crippen molar-refractivity contribution in [2.75, 3.05) is 7.11 Å². The van der Waals surface area contributed by atoms with Crippen LogP contribution in [0.4, 0.5) is 0 Å². The summed E-state index contributed by atoms with van der Waals surface area (Å²) in [4.78, 5) is 11.4. The lowest BCUT2D eigenvalue weighted by atomic mass is 10.1. The quantitative estimate of drug-likeness (QED) is 0.857. The molecule has 1 N–H and O–H groups in total. The van der Waals surface area contributed by atoms with Crippen molar-refractivity contribution < 1.29 is 14.3 Å². The number of H-pyrrole nitrogens is 1. The summed E-state index contributed by atoms with van der Waals surface area (Å²) in [6, 6.07) is 7.56. The normalized spacial score (nSPS) is 11.9. The largest absolute Gasteiger partial charge is 0.479 e. The molecule has 5 nitrogen and oxygen atoms in total. The molecule has 0 aliphatic heterocycles. The van der Waals surface area contributed by atoms with Crippen molar-refractivity contribution in [1.82, 2.24) is 10.2 Å². The number of carbonyl (C=O) groups is 1. The predicted molar refractivity (Wildman–Crippen MR) is 70.9 cm³/mol. The van der Waals surface area contributed by atoms with Gasteiger partial charge in [0.1, 0.15) is 5.75 Å². The smallest absolute Gasteiger partial charge is 0.346 e. The molecule has 0 amide bonds. The summed E-state index contributed by atoms with van der Waals surface area (Å²) >= 11 is 0. The minimum atomic E-state index is -0.638. The van der Waals surface area contributed by atoms with Crippen molar-refractivity contribution >= 4 is 5.97 Å². The fraction of sp³-hybridized carbons (Fsp3) is 0.286. The van der Waals surface area contributed by atoms with Gasteiger partial charge in [0.05, 0.1) is 12.8 Å². The van der Waals surface area contributed by atoms with E-state index in [1.807, 2.05) is 31.2 Å². The summed E-state index contributed by atoms with van der Waals surface area (Å²) in [5, 5.41) is 6.84. The maximum atomic E-state index is 11.4. The van der Waals surface area contributed by atoms with Gasteiger partial charge in [0.25, 0.3) is 0 Å². The highest BCUT2D eigenvalue weighted by Gasteiger charge is 2.17. The van der Waals surface area contributed by atoms with Crippen molar-refractivity contribution in [2.24, 2.45) is 0 Å². The van der Waals surface area contributed by atoms with E-state index in [-0.39, 0.29) is 0 Å². The van der Waals surface area contributed by atoms with Crippen LogP contribution in [0.2, 0.25) is 0 Å². The molecule has 1 atom stereocenters. The number of aromatic nitrogens is 2. The molecular weight excluding hydrogens is 244 g/mol. The van der Waals surface area contributed by atoms with Crippen LogP contribution in [0.3, 0.4) is 0 Å². The second kappa shape index (κ2) is 5.56. The van der Waals surface area contributed by atoms with Crippen molar-refractivity contribution in [2.45, 2.75) is 20.0 Å². The van der Waals surface area contributed by atoms with Crippen LogP contribution < -0.4 is 4.74 Å². The van der Waals surface area contributed by atoms with Crippen molar-refractivity contribution in [3.63, 3.8) is 0 Å². The van der Waals surface area contributed by atoms with Gasteiger partial charge in [-0.3, -0.25) is 5.10 Å². The topological polar surface area (TPSA) is 64.2 Å². The molecule has 0 saturated carbocycles. The number of nitrogens with zero attached hydrogens (tertiary/aromatic N) is 1. The average molecular weight is 260 g/mol. The Bertz CT molecular complexity index is 564. The van der Waals surface area contributed by atoms with E-state index in [4.69, 9.17) is 4.74 Å². The Morgan fingerprint density at radius 2 is 2.16 bits per heavy atom. The lowest BCUT2D eigenvalue weighted by Gasteiger charge is -2.15. The number of ether oxygens (including phenoxy) is 2. The summed E-state index contributed by atoms with van der Waals surface area (Å²) in [7, 11) is 1.34. The van der Waals surface area contributed by atoms with Crippen molar-refractivity contribution in [3.8, 4) is 17.0 Å². The summed E-state index contributed by atoms with van der Waals surface area (Å²) < 4.78 is 10.3. The van der Waals surface area contributed by atoms with Crippen LogP contribution in [-0.2, 0) is 9.53 Å². The van der Waals surface area contributed by atoms with Gasteiger partial charge in [-0.15, -0.1) is 0 Å². The number of hydrogen-bond donors (Lipinski definition) is 1. The van der Waals surface area contributed by atoms with Gasteiger partial charge in [-0.2, -0.15) is 5.10 Å². The minimum Gasteiger partial charge on any atom is -0.479 e. The number of methoxy groups -OCH3 is 1. The number of rotatable bonds is 4. The number of nitrogens with one attached hydrogen (secondary N) is 1. The molecule has 1 aromatic carbocycles. The molecule has 19 heavy (non-hydrogen) atoms. The Morgan fingerprint density at radius 1 is 1.37 bits per heavy atom. The van der Waals surface area contributed by atoms with Crippen molar-refractivity contribution in [1.29, 1.82) is 0 Å². The zero-order valence-electron chi connectivity index (χ0n) is 11.1. The summed E-state index contributed by atoms with van der Waals surface area (Å²) in [6.07, 6.45) is 1.06. The van der Waals surface area contributed by atoms with E-state index in [9.17, 15) is 4.79 Å². The van der Waals surface area contributed by atoms with Gasteiger partial charge in [0.15, 0.2) is 6.10 Å². The number of hydrogen-bond acceptors (Lipinski definition) is 4. The first-order chi connectivity index (χ1) is 9.13. The van der Waals surface area contributed by atoms with E-state index in [0.717, 1.165) is 16.8 Å². The lowest BCUT2D eigenvalue weighted by molar-refractivity contribution is -0.147. The highest BCUT2D eigenvalue weighted by atomic mass is 16.6. The van der Waals surface area contributed by atoms with Gasteiger partial charge in [-0.25, -0.2) is 4.79 Å². The average Bonchev–Trinajstić information content (AvgIpc) is 2.94. The highest BCUT2D eigenvalue weighted by molar-refractivity contribution is 5.75. The Balaban J connectivity index is 2.28. The third kappa shape index (κ3) is 2.76. The lowest BCUT2D eigenvalue weighted by Crippen LogP contribution is -2.25. The van der Waals surface area contributed by atoms with E-state index in [2.05, 4.69) is 14.9 Å². The van der Waals surface area contributed by atoms with Crippen LogP contribution in [0.25, 0.3) is 11.3 Å². The first kappa shape index (κ1) is 13.1. The molecule has 1 aromatic heterocycles. The number of carbonyl (C=O) groups excluding carboxylic acids is 1. The summed E-state index contributed by atoms with van der Waals surface area (Å²) in [6.45, 7) is 3.60. The zero-order chi connectivity index (χ0) is 13.8. The molecule has 0 saturated heterocycles. The van der Waals surface area contributed by atoms with E-state index in [0.29, 0.717) is 5.75 Å². The summed E-state index contributed by atoms with van der Waals surface area (Å²) in [5.74, 6) is 0.261. The fourth-order valence-corrected chi connectivity index (χ4v) is 1.84. The minimum absolute atomic E-state index is 0.397. The van der Waals surface area contributed by atoms with E-state index >= 15 is 0 Å². The van der Waals surface area contributed by atoms with Crippen LogP contribution >= 0.6 is 0 Å². The maximum absolute atomic E-state index is 11.4. The monoisotopic (exact) mass is 260 g/mol. The fourth-order valence-electron chi connectivity index (χ4n) is 1.84. The Kier molecular flexibility index (Phi) is 3.85. The standard InChI is InChI=1S/C14H16N2O3/c1-9-11(12-7-8-15-16-12)5-4-6-13(9)19-10(2)14(17)18-3/h4-8,10H,1-3H3,(H,15,16)/t10-/m0/s1. The van der Waals surface area contributed by atoms with Gasteiger partial charge < -0.3 is 9.47 Å². The zero-order valence-corrected chi connectivity index (χ0v) is 11.1. The molecule has 2 rings (SSSR count). The Morgan fingerprint density at radius 3 is 2.79 bits per heavy atom. The molecule has 2 aromatic rings. The second-order valence-electron chi connectivity index (χ2n) is 4.18. The van der Waals surface area contributed by atoms with Gasteiger partial charge in [-0.05, 0) is 26.0 Å². The van der Waals surface area contributed by atoms with Gasteiger partial charge in [0.2, 0.25) is 0 Å². The SMILES string of the molecule is COC(=O)[C@H](C)Oc1cccc(-c2ccn[nH]2)c1C. The molecule has 0 bridgehead atoms. The molecule has 0 aliphatic rings. The Hall–Kier alpha value is -2.30. The van der Waals surface area contributed by atoms with Gasteiger partial charge in [-0.1, -0.05) is 12.1 Å². The third-order valence-corrected chi connectivity index (χ3v) is 2.91. The molecule has 0 unspecified atom stereocenters. The van der Waals surface area contributed by atoms with Crippen LogP contribution in [0.1, 0.15) is 12.5 Å². The van der Waals surface area contributed by atoms with E-state index in [1.165, 1.54) is 7.11 Å². The van der Waals surface area contributed by atoms with E-state index < -0.39 is 12.1 Å². The first-order valence-electron chi connectivity index (χ1n) is 5.97. The first-order valence-corrected chi connectivity index (χ1v) is 5.97. The number of benzene rings is 1. The Labute approximate surface area is 111 Å². The van der Waals surface area contributed by atoms with Crippen LogP contribution in [0.5, 0.6) is 5.75 Å². The van der Waals surface area contributed by atoms with Gasteiger partial charge in [0, 0.05) is 17.3 Å². The third-order valence-electron chi connectivity index (χ3n) is 2.91. The van der Waals surface area contributed by atoms with Crippen LogP contribution in [0.15, 0.2) is 30.5 Å². The molecule has 0 spiro atoms. The maximum Gasteiger partial charge on any atom is 0.346 e. The molecule has 0 radical (unpaired) electrons. The highest BCUT2D eigenvalue weighted by Crippen LogP contribution is 2.29. The molecule has 0 fully saturated rings. The molecule has 5 heteroatoms. The van der Waals surface area contributed by atoms with Crippen LogP contribution in [0, 0.1) is 6.92 Å². The second-order valence-corrected chi connectivity index (χ2v) is 4.18. The molecule has 100 valence electrons. The molecule has 1 heterocycles. The number of esters is 1. The summed E-state index contributed by atoms with van der Waals surface area (Å²) in [5.41, 5.74) is 2.85. The molecule has 0 aliphatic carbocycles. The van der Waals surface area contributed by atoms with Gasteiger partial charge >= 0.3 is 5.97 Å².